The van der Waals surface area contributed by atoms with E-state index in [1.165, 1.54) is 141 Å². The average molecular weight is 823 g/mol. The highest BCUT2D eigenvalue weighted by Gasteiger charge is 2.23. The van der Waals surface area contributed by atoms with Crippen molar-refractivity contribution >= 4 is 13.7 Å². The Hall–Kier alpha value is -1.54. The molecule has 334 valence electrons. The molecular weight excluding hydrogens is 732 g/mol. The lowest BCUT2D eigenvalue weighted by molar-refractivity contribution is -0.870. The summed E-state index contributed by atoms with van der Waals surface area (Å²) in [5.41, 5.74) is 0. The maximum atomic E-state index is 12.9. The maximum Gasteiger partial charge on any atom is 0.268 e. The lowest BCUT2D eigenvalue weighted by Crippen LogP contribution is -2.45. The van der Waals surface area contributed by atoms with Crippen LogP contribution in [0.15, 0.2) is 48.6 Å². The lowest BCUT2D eigenvalue weighted by Gasteiger charge is -2.29. The van der Waals surface area contributed by atoms with Crippen molar-refractivity contribution in [3.8, 4) is 0 Å². The quantitative estimate of drug-likeness (QED) is 0.0209. The highest BCUT2D eigenvalue weighted by atomic mass is 31.2. The number of hydrogen-bond donors (Lipinski definition) is 2. The van der Waals surface area contributed by atoms with Crippen LogP contribution < -0.4 is 10.2 Å². The molecule has 3 atom stereocenters. The molecule has 0 radical (unpaired) electrons. The molecular formula is C48H91N2O6P. The van der Waals surface area contributed by atoms with E-state index < -0.39 is 26.6 Å². The minimum Gasteiger partial charge on any atom is -0.756 e. The number of nitrogens with zero attached hydrogens (tertiary/aromatic N) is 1. The van der Waals surface area contributed by atoms with E-state index in [-0.39, 0.29) is 12.5 Å². The third-order valence-corrected chi connectivity index (χ3v) is 11.3. The Morgan fingerprint density at radius 2 is 1.04 bits per heavy atom. The van der Waals surface area contributed by atoms with Crippen molar-refractivity contribution in [2.75, 3.05) is 40.9 Å². The molecule has 9 heteroatoms. The first-order valence-corrected chi connectivity index (χ1v) is 25.0. The number of phosphoric acid groups is 1. The molecule has 0 aliphatic carbocycles. The van der Waals surface area contributed by atoms with E-state index in [1.807, 2.05) is 27.2 Å². The average Bonchev–Trinajstić information content (AvgIpc) is 3.16. The van der Waals surface area contributed by atoms with Crippen molar-refractivity contribution in [2.24, 2.45) is 0 Å². The van der Waals surface area contributed by atoms with Crippen LogP contribution in [0.2, 0.25) is 0 Å². The third-order valence-electron chi connectivity index (χ3n) is 10.3. The van der Waals surface area contributed by atoms with Crippen LogP contribution in [0.1, 0.15) is 200 Å². The molecule has 0 aliphatic heterocycles. The number of aliphatic hydroxyl groups is 1. The summed E-state index contributed by atoms with van der Waals surface area (Å²) in [6.45, 7) is 4.59. The fourth-order valence-electron chi connectivity index (χ4n) is 6.51. The molecule has 1 amide bonds. The van der Waals surface area contributed by atoms with E-state index in [2.05, 4.69) is 55.6 Å². The number of likely N-dealkylation sites (N-methyl/N-ethyl adjacent to an activating group) is 1. The predicted octanol–water partition coefficient (Wildman–Crippen LogP) is 12.6. The molecule has 8 nitrogen and oxygen atoms in total. The number of amides is 1. The van der Waals surface area contributed by atoms with Crippen LogP contribution in [0.4, 0.5) is 0 Å². The normalized spacial score (nSPS) is 14.7. The van der Waals surface area contributed by atoms with Crippen molar-refractivity contribution in [2.45, 2.75) is 212 Å². The first-order chi connectivity index (χ1) is 27.5. The van der Waals surface area contributed by atoms with Gasteiger partial charge in [-0.3, -0.25) is 9.36 Å². The van der Waals surface area contributed by atoms with Gasteiger partial charge in [0.25, 0.3) is 7.82 Å². The van der Waals surface area contributed by atoms with Crippen molar-refractivity contribution in [1.82, 2.24) is 5.32 Å². The van der Waals surface area contributed by atoms with Crippen LogP contribution in [-0.4, -0.2) is 68.5 Å². The molecule has 0 aromatic rings. The van der Waals surface area contributed by atoms with E-state index in [9.17, 15) is 19.4 Å². The fraction of sp³-hybridized carbons (Fsp3) is 0.812. The van der Waals surface area contributed by atoms with Gasteiger partial charge in [-0.2, -0.15) is 0 Å². The van der Waals surface area contributed by atoms with Gasteiger partial charge in [0, 0.05) is 6.42 Å². The second-order valence-electron chi connectivity index (χ2n) is 17.1. The minimum absolute atomic E-state index is 0.00808. The Labute approximate surface area is 352 Å². The van der Waals surface area contributed by atoms with Gasteiger partial charge in [0.05, 0.1) is 39.9 Å². The molecule has 0 spiro atoms. The van der Waals surface area contributed by atoms with E-state index in [4.69, 9.17) is 9.05 Å². The zero-order valence-electron chi connectivity index (χ0n) is 37.8. The Morgan fingerprint density at radius 3 is 1.56 bits per heavy atom. The molecule has 0 aromatic carbocycles. The number of unbranched alkanes of at least 4 members (excludes halogenated alkanes) is 24. The van der Waals surface area contributed by atoms with Crippen molar-refractivity contribution in [3.63, 3.8) is 0 Å². The fourth-order valence-corrected chi connectivity index (χ4v) is 7.23. The van der Waals surface area contributed by atoms with Crippen LogP contribution >= 0.6 is 7.82 Å². The van der Waals surface area contributed by atoms with Gasteiger partial charge in [0.15, 0.2) is 0 Å². The zero-order chi connectivity index (χ0) is 42.1. The second-order valence-corrected chi connectivity index (χ2v) is 18.5. The number of phosphoric ester groups is 1. The SMILES string of the molecule is CCCCC/C=C\C=C/CCCCCCCCCCCCC(=O)NC(COP(=O)([O-])OCC[N+](C)(C)C)C(O)/C=C/CC/C=C/CCCCCCCCCCCC. The highest BCUT2D eigenvalue weighted by molar-refractivity contribution is 7.45. The maximum absolute atomic E-state index is 12.9. The number of rotatable bonds is 42. The van der Waals surface area contributed by atoms with E-state index in [0.717, 1.165) is 38.5 Å². The summed E-state index contributed by atoms with van der Waals surface area (Å²) in [5.74, 6) is -0.213. The van der Waals surface area contributed by atoms with Gasteiger partial charge in [-0.15, -0.1) is 0 Å². The van der Waals surface area contributed by atoms with Crippen molar-refractivity contribution in [1.29, 1.82) is 0 Å². The summed E-state index contributed by atoms with van der Waals surface area (Å²) >= 11 is 0. The largest absolute Gasteiger partial charge is 0.756 e. The molecule has 2 N–H and O–H groups in total. The van der Waals surface area contributed by atoms with Gasteiger partial charge < -0.3 is 28.8 Å². The summed E-state index contributed by atoms with van der Waals surface area (Å²) in [4.78, 5) is 25.3. The molecule has 0 fully saturated rings. The summed E-state index contributed by atoms with van der Waals surface area (Å²) < 4.78 is 23.2. The van der Waals surface area contributed by atoms with Gasteiger partial charge in [-0.1, -0.05) is 184 Å². The molecule has 0 saturated heterocycles. The molecule has 0 bridgehead atoms. The van der Waals surface area contributed by atoms with Crippen LogP contribution in [-0.2, 0) is 18.4 Å². The molecule has 57 heavy (non-hydrogen) atoms. The Bertz CT molecular complexity index is 1070. The predicted molar refractivity (Wildman–Crippen MR) is 242 cm³/mol. The van der Waals surface area contributed by atoms with Crippen molar-refractivity contribution in [3.05, 3.63) is 48.6 Å². The van der Waals surface area contributed by atoms with E-state index >= 15 is 0 Å². The molecule has 3 unspecified atom stereocenters. The zero-order valence-corrected chi connectivity index (χ0v) is 38.7. The molecule has 0 heterocycles. The number of carbonyl (C=O) groups is 1. The Balaban J connectivity index is 4.42. The first-order valence-electron chi connectivity index (χ1n) is 23.5. The number of quaternary nitrogens is 1. The van der Waals surface area contributed by atoms with Gasteiger partial charge in [-0.05, 0) is 57.8 Å². The number of nitrogens with one attached hydrogen (secondary N) is 1. The topological polar surface area (TPSA) is 108 Å². The summed E-state index contributed by atoms with van der Waals surface area (Å²) in [6.07, 6.45) is 50.1. The number of allylic oxidation sites excluding steroid dienone is 7. The molecule has 0 aromatic heterocycles. The third kappa shape index (κ3) is 42.4. The molecule has 0 aliphatic rings. The van der Waals surface area contributed by atoms with Crippen molar-refractivity contribution < 1.29 is 32.9 Å². The van der Waals surface area contributed by atoms with Crippen LogP contribution in [0.5, 0.6) is 0 Å². The number of hydrogen-bond acceptors (Lipinski definition) is 6. The summed E-state index contributed by atoms with van der Waals surface area (Å²) in [6, 6.07) is -0.905. The smallest absolute Gasteiger partial charge is 0.268 e. The van der Waals surface area contributed by atoms with Crippen LogP contribution in [0, 0.1) is 0 Å². The van der Waals surface area contributed by atoms with E-state index in [1.54, 1.807) is 6.08 Å². The van der Waals surface area contributed by atoms with Crippen LogP contribution in [0.25, 0.3) is 0 Å². The van der Waals surface area contributed by atoms with Gasteiger partial charge >= 0.3 is 0 Å². The van der Waals surface area contributed by atoms with Gasteiger partial charge in [0.2, 0.25) is 5.91 Å². The lowest BCUT2D eigenvalue weighted by atomic mass is 10.0. The van der Waals surface area contributed by atoms with Gasteiger partial charge in [-0.25, -0.2) is 0 Å². The second kappa shape index (κ2) is 39.9. The highest BCUT2D eigenvalue weighted by Crippen LogP contribution is 2.38. The standard InChI is InChI=1S/C48H91N2O6P/c1-6-8-10-12-14-16-18-20-22-24-25-26-28-30-32-34-36-38-40-42-48(52)49-46(45-56-57(53,54)55-44-43-50(3,4)5)47(51)41-39-37-35-33-31-29-27-23-21-19-17-15-13-11-9-7-2/h14,16,18,20,31,33,39,41,46-47,51H,6-13,15,17,19,21-30,32,34-38,40,42-45H2,1-5H3,(H-,49,52,53,54)/b16-14-,20-18-,33-31+,41-39+. The number of carbonyl (C=O) groups excluding carboxylic acids is 1. The molecule has 0 rings (SSSR count). The molecule has 0 saturated carbocycles. The van der Waals surface area contributed by atoms with E-state index in [0.29, 0.717) is 17.4 Å². The Kier molecular flexibility index (Phi) is 38.8. The minimum atomic E-state index is -4.60. The first kappa shape index (κ1) is 55.5. The number of aliphatic hydroxyl groups excluding tert-OH is 1. The Morgan fingerprint density at radius 1 is 0.614 bits per heavy atom. The van der Waals surface area contributed by atoms with Crippen LogP contribution in [0.3, 0.4) is 0 Å². The summed E-state index contributed by atoms with van der Waals surface area (Å²) in [5, 5.41) is 13.8. The monoisotopic (exact) mass is 823 g/mol. The summed E-state index contributed by atoms with van der Waals surface area (Å²) in [7, 11) is 1.24. The van der Waals surface area contributed by atoms with Gasteiger partial charge in [0.1, 0.15) is 13.2 Å².